The molecule has 1 saturated heterocycles. The van der Waals surface area contributed by atoms with Crippen molar-refractivity contribution in [1.29, 1.82) is 0 Å². The zero-order valence-corrected chi connectivity index (χ0v) is 26.9. The fourth-order valence-corrected chi connectivity index (χ4v) is 6.50. The first-order valence-corrected chi connectivity index (χ1v) is 17.2. The zero-order valence-electron chi connectivity index (χ0n) is 26.0. The Bertz CT molecular complexity index is 1780. The van der Waals surface area contributed by atoms with Crippen LogP contribution in [0.5, 0.6) is 5.75 Å². The molecule has 1 atom stereocenters. The Labute approximate surface area is 264 Å². The summed E-state index contributed by atoms with van der Waals surface area (Å²) in [4.78, 5) is 23.1. The molecule has 1 unspecified atom stereocenters. The molecule has 10 nitrogen and oxygen atoms in total. The number of benzene rings is 2. The van der Waals surface area contributed by atoms with Gasteiger partial charge in [-0.2, -0.15) is 0 Å². The lowest BCUT2D eigenvalue weighted by Crippen LogP contribution is -2.40. The van der Waals surface area contributed by atoms with Crippen LogP contribution in [0.4, 0.5) is 11.5 Å². The fraction of sp³-hybridized carbons (Fsp3) is 0.382. The Balaban J connectivity index is 1.33. The second-order valence-corrected chi connectivity index (χ2v) is 13.5. The number of anilines is 2. The van der Waals surface area contributed by atoms with Gasteiger partial charge in [0, 0.05) is 42.6 Å². The number of aromatic nitrogens is 2. The van der Waals surface area contributed by atoms with Gasteiger partial charge in [0.05, 0.1) is 19.3 Å². The van der Waals surface area contributed by atoms with E-state index < -0.39 is 16.0 Å². The number of rotatable bonds is 13. The number of aliphatic carboxylic acids is 1. The zero-order chi connectivity index (χ0) is 32.0. The standard InChI is InChI=1S/C34H41N5O5S/c1-23-28(29-11-7-13-31(24(29)2)44-18-8-15-37-45(3,42)43)10-6-12-30(23)38-34-33-26(14-16-35-34)19-25(21-36-33)22-39-17-5-4-9-27(39)20-32(40)41/h6-7,10-14,16,19,21,27,37H,4-5,8-9,15,17-18,20,22H2,1-3H3,(H,35,38)(H,40,41). The summed E-state index contributed by atoms with van der Waals surface area (Å²) in [7, 11) is -3.21. The first-order valence-electron chi connectivity index (χ1n) is 15.3. The number of sulfonamides is 1. The number of nitrogens with zero attached hydrogens (tertiary/aromatic N) is 3. The predicted octanol–water partition coefficient (Wildman–Crippen LogP) is 5.80. The lowest BCUT2D eigenvalue weighted by molar-refractivity contribution is -0.138. The summed E-state index contributed by atoms with van der Waals surface area (Å²) in [5.41, 5.74) is 6.92. The van der Waals surface area contributed by atoms with Gasteiger partial charge >= 0.3 is 5.97 Å². The van der Waals surface area contributed by atoms with Gasteiger partial charge in [-0.3, -0.25) is 14.7 Å². The molecule has 0 spiro atoms. The summed E-state index contributed by atoms with van der Waals surface area (Å²) in [6.45, 7) is 6.40. The molecule has 0 radical (unpaired) electrons. The van der Waals surface area contributed by atoms with Crippen molar-refractivity contribution in [3.8, 4) is 16.9 Å². The third-order valence-corrected chi connectivity index (χ3v) is 9.03. The van der Waals surface area contributed by atoms with Gasteiger partial charge in [0.25, 0.3) is 0 Å². The van der Waals surface area contributed by atoms with E-state index in [2.05, 4.69) is 45.0 Å². The maximum Gasteiger partial charge on any atom is 0.304 e. The lowest BCUT2D eigenvalue weighted by atomic mass is 9.95. The van der Waals surface area contributed by atoms with E-state index in [4.69, 9.17) is 9.72 Å². The number of hydrogen-bond acceptors (Lipinski definition) is 8. The molecule has 3 heterocycles. The third kappa shape index (κ3) is 8.36. The second-order valence-electron chi connectivity index (χ2n) is 11.7. The predicted molar refractivity (Wildman–Crippen MR) is 177 cm³/mol. The van der Waals surface area contributed by atoms with Gasteiger partial charge in [-0.05, 0) is 91.7 Å². The number of carbonyl (C=O) groups is 1. The third-order valence-electron chi connectivity index (χ3n) is 8.30. The van der Waals surface area contributed by atoms with Gasteiger partial charge in [-0.15, -0.1) is 0 Å². The minimum atomic E-state index is -3.21. The lowest BCUT2D eigenvalue weighted by Gasteiger charge is -2.34. The number of likely N-dealkylation sites (tertiary alicyclic amines) is 1. The quantitative estimate of drug-likeness (QED) is 0.156. The van der Waals surface area contributed by atoms with E-state index in [9.17, 15) is 18.3 Å². The second kappa shape index (κ2) is 14.4. The molecular formula is C34H41N5O5S. The van der Waals surface area contributed by atoms with Crippen molar-refractivity contribution in [2.75, 3.05) is 31.3 Å². The Morgan fingerprint density at radius 1 is 1.07 bits per heavy atom. The van der Waals surface area contributed by atoms with Crippen LogP contribution in [-0.2, 0) is 21.4 Å². The molecule has 2 aromatic heterocycles. The molecule has 3 N–H and O–H groups in total. The number of piperidine rings is 1. The number of pyridine rings is 2. The summed E-state index contributed by atoms with van der Waals surface area (Å²) in [6.07, 6.45) is 8.58. The average molecular weight is 632 g/mol. The Morgan fingerprint density at radius 2 is 1.84 bits per heavy atom. The van der Waals surface area contributed by atoms with Crippen LogP contribution in [0.1, 0.15) is 48.8 Å². The number of carboxylic acid groups (broad SMARTS) is 1. The van der Waals surface area contributed by atoms with Crippen molar-refractivity contribution in [2.45, 2.75) is 58.5 Å². The molecule has 238 valence electrons. The van der Waals surface area contributed by atoms with Gasteiger partial charge in [0.2, 0.25) is 10.0 Å². The molecule has 1 aliphatic rings. The van der Waals surface area contributed by atoms with Crippen LogP contribution in [0.3, 0.4) is 0 Å². The smallest absolute Gasteiger partial charge is 0.304 e. The molecule has 45 heavy (non-hydrogen) atoms. The van der Waals surface area contributed by atoms with Gasteiger partial charge in [-0.1, -0.05) is 30.7 Å². The van der Waals surface area contributed by atoms with Crippen LogP contribution in [0.25, 0.3) is 22.0 Å². The topological polar surface area (TPSA) is 134 Å². The molecule has 0 saturated carbocycles. The molecule has 2 aromatic carbocycles. The summed E-state index contributed by atoms with van der Waals surface area (Å²) >= 11 is 0. The minimum Gasteiger partial charge on any atom is -0.493 e. The molecule has 0 bridgehead atoms. The SMILES string of the molecule is Cc1c(Nc2nccc3cc(CN4CCCCC4CC(=O)O)cnc23)cccc1-c1cccc(OCCCNS(C)(=O)=O)c1C. The molecule has 1 fully saturated rings. The van der Waals surface area contributed by atoms with Crippen molar-refractivity contribution in [3.05, 3.63) is 77.6 Å². The van der Waals surface area contributed by atoms with Crippen molar-refractivity contribution >= 4 is 38.4 Å². The highest BCUT2D eigenvalue weighted by Crippen LogP contribution is 2.36. The first kappa shape index (κ1) is 32.3. The van der Waals surface area contributed by atoms with E-state index in [0.717, 1.165) is 82.2 Å². The molecule has 11 heteroatoms. The molecule has 1 aliphatic heterocycles. The molecular weight excluding hydrogens is 590 g/mol. The van der Waals surface area contributed by atoms with E-state index in [1.54, 1.807) is 6.20 Å². The van der Waals surface area contributed by atoms with E-state index in [0.29, 0.717) is 31.9 Å². The van der Waals surface area contributed by atoms with Gasteiger partial charge in [0.1, 0.15) is 11.3 Å². The Kier molecular flexibility index (Phi) is 10.3. The van der Waals surface area contributed by atoms with E-state index in [1.165, 1.54) is 0 Å². The summed E-state index contributed by atoms with van der Waals surface area (Å²) in [5, 5.41) is 13.8. The van der Waals surface area contributed by atoms with Crippen LogP contribution in [0.2, 0.25) is 0 Å². The Hall–Kier alpha value is -4.06. The summed E-state index contributed by atoms with van der Waals surface area (Å²) < 4.78 is 31.1. The summed E-state index contributed by atoms with van der Waals surface area (Å²) in [6, 6.07) is 16.2. The molecule has 5 rings (SSSR count). The van der Waals surface area contributed by atoms with Crippen molar-refractivity contribution in [2.24, 2.45) is 0 Å². The van der Waals surface area contributed by atoms with E-state index in [-0.39, 0.29) is 12.5 Å². The van der Waals surface area contributed by atoms with E-state index in [1.807, 2.05) is 43.5 Å². The number of ether oxygens (including phenoxy) is 1. The maximum atomic E-state index is 11.4. The van der Waals surface area contributed by atoms with Crippen LogP contribution in [0.15, 0.2) is 60.9 Å². The first-order chi connectivity index (χ1) is 21.6. The number of carboxylic acids is 1. The van der Waals surface area contributed by atoms with Gasteiger partial charge in [-0.25, -0.2) is 18.1 Å². The minimum absolute atomic E-state index is 0.0528. The normalized spacial score (nSPS) is 15.7. The largest absolute Gasteiger partial charge is 0.493 e. The van der Waals surface area contributed by atoms with Crippen LogP contribution in [0, 0.1) is 13.8 Å². The monoisotopic (exact) mass is 631 g/mol. The highest BCUT2D eigenvalue weighted by atomic mass is 32.2. The number of fused-ring (bicyclic) bond motifs is 1. The van der Waals surface area contributed by atoms with Crippen molar-refractivity contribution in [1.82, 2.24) is 19.6 Å². The van der Waals surface area contributed by atoms with Crippen LogP contribution < -0.4 is 14.8 Å². The Morgan fingerprint density at radius 3 is 2.62 bits per heavy atom. The van der Waals surface area contributed by atoms with Crippen LogP contribution in [-0.4, -0.2) is 66.4 Å². The highest BCUT2D eigenvalue weighted by Gasteiger charge is 2.25. The van der Waals surface area contributed by atoms with Crippen LogP contribution >= 0.6 is 0 Å². The average Bonchev–Trinajstić information content (AvgIpc) is 2.99. The van der Waals surface area contributed by atoms with E-state index >= 15 is 0 Å². The highest BCUT2D eigenvalue weighted by molar-refractivity contribution is 7.88. The molecule has 0 amide bonds. The van der Waals surface area contributed by atoms with Crippen molar-refractivity contribution < 1.29 is 23.1 Å². The maximum absolute atomic E-state index is 11.4. The molecule has 0 aliphatic carbocycles. The number of nitrogens with one attached hydrogen (secondary N) is 2. The molecule has 4 aromatic rings. The van der Waals surface area contributed by atoms with Gasteiger partial charge in [0.15, 0.2) is 5.82 Å². The van der Waals surface area contributed by atoms with Crippen molar-refractivity contribution in [3.63, 3.8) is 0 Å². The van der Waals surface area contributed by atoms with Gasteiger partial charge < -0.3 is 15.2 Å². The number of hydrogen-bond donors (Lipinski definition) is 3. The fourth-order valence-electron chi connectivity index (χ4n) is 5.98. The summed E-state index contributed by atoms with van der Waals surface area (Å²) in [5.74, 6) is 0.675.